The summed E-state index contributed by atoms with van der Waals surface area (Å²) in [4.78, 5) is 24.7. The molecule has 9 heteroatoms. The van der Waals surface area contributed by atoms with Gasteiger partial charge in [-0.15, -0.1) is 0 Å². The first-order valence-corrected chi connectivity index (χ1v) is 11.3. The van der Waals surface area contributed by atoms with Crippen molar-refractivity contribution in [2.45, 2.75) is 18.7 Å². The standard InChI is InChI=1S/C24H23NO7S/c1-16-8-9-17(2)22(14-16)33(28,29)32-21-7-5-4-6-20(21)24(27)31-15-23(26)25-18-10-12-19(30-3)13-11-18/h4-14H,15H2,1-3H3,(H,25,26). The number of para-hydroxylation sites is 1. The van der Waals surface area contributed by atoms with Crippen molar-refractivity contribution in [1.29, 1.82) is 0 Å². The summed E-state index contributed by atoms with van der Waals surface area (Å²) in [6, 6.07) is 17.3. The van der Waals surface area contributed by atoms with E-state index in [4.69, 9.17) is 13.7 Å². The van der Waals surface area contributed by atoms with Gasteiger partial charge in [-0.1, -0.05) is 24.3 Å². The molecule has 0 atom stereocenters. The Morgan fingerprint density at radius 1 is 0.939 bits per heavy atom. The molecule has 3 aromatic carbocycles. The lowest BCUT2D eigenvalue weighted by Gasteiger charge is -2.13. The quantitative estimate of drug-likeness (QED) is 0.394. The largest absolute Gasteiger partial charge is 0.497 e. The van der Waals surface area contributed by atoms with Crippen LogP contribution < -0.4 is 14.2 Å². The Bertz CT molecular complexity index is 1270. The van der Waals surface area contributed by atoms with Crippen LogP contribution in [0.1, 0.15) is 21.5 Å². The Labute approximate surface area is 192 Å². The number of aryl methyl sites for hydroxylation is 2. The van der Waals surface area contributed by atoms with E-state index in [2.05, 4.69) is 5.32 Å². The minimum absolute atomic E-state index is 0.00420. The number of carbonyl (C=O) groups is 2. The third-order valence-electron chi connectivity index (χ3n) is 4.63. The highest BCUT2D eigenvalue weighted by molar-refractivity contribution is 7.87. The van der Waals surface area contributed by atoms with Crippen LogP contribution in [0.5, 0.6) is 11.5 Å². The van der Waals surface area contributed by atoms with Crippen molar-refractivity contribution in [3.8, 4) is 11.5 Å². The van der Waals surface area contributed by atoms with Crippen molar-refractivity contribution in [2.24, 2.45) is 0 Å². The van der Waals surface area contributed by atoms with Crippen LogP contribution in [0.3, 0.4) is 0 Å². The van der Waals surface area contributed by atoms with Crippen LogP contribution in [0.4, 0.5) is 5.69 Å². The molecule has 3 rings (SSSR count). The molecule has 0 aliphatic rings. The summed E-state index contributed by atoms with van der Waals surface area (Å²) in [5.74, 6) is -1.02. The average Bonchev–Trinajstić information content (AvgIpc) is 2.79. The molecule has 1 amide bonds. The Balaban J connectivity index is 1.69. The summed E-state index contributed by atoms with van der Waals surface area (Å²) >= 11 is 0. The second-order valence-electron chi connectivity index (χ2n) is 7.16. The first-order chi connectivity index (χ1) is 15.7. The lowest BCUT2D eigenvalue weighted by Crippen LogP contribution is -2.21. The smallest absolute Gasteiger partial charge is 0.342 e. The van der Waals surface area contributed by atoms with Crippen LogP contribution in [0.15, 0.2) is 71.6 Å². The number of ether oxygens (including phenoxy) is 2. The lowest BCUT2D eigenvalue weighted by atomic mass is 10.2. The zero-order valence-electron chi connectivity index (χ0n) is 18.3. The number of benzene rings is 3. The fraction of sp³-hybridized carbons (Fsp3) is 0.167. The molecule has 0 saturated heterocycles. The Morgan fingerprint density at radius 3 is 2.33 bits per heavy atom. The molecule has 33 heavy (non-hydrogen) atoms. The molecule has 0 spiro atoms. The highest BCUT2D eigenvalue weighted by Crippen LogP contribution is 2.26. The molecule has 0 bridgehead atoms. The summed E-state index contributed by atoms with van der Waals surface area (Å²) in [6.07, 6.45) is 0. The number of carbonyl (C=O) groups excluding carboxylic acids is 2. The molecule has 1 N–H and O–H groups in total. The summed E-state index contributed by atoms with van der Waals surface area (Å²) in [6.45, 7) is 2.85. The number of methoxy groups -OCH3 is 1. The Kier molecular flexibility index (Phi) is 7.34. The first kappa shape index (κ1) is 23.8. The van der Waals surface area contributed by atoms with Gasteiger partial charge in [0.25, 0.3) is 5.91 Å². The number of hydrogen-bond acceptors (Lipinski definition) is 7. The predicted molar refractivity (Wildman–Crippen MR) is 122 cm³/mol. The third-order valence-corrected chi connectivity index (χ3v) is 6.01. The fourth-order valence-electron chi connectivity index (χ4n) is 2.93. The summed E-state index contributed by atoms with van der Waals surface area (Å²) in [5, 5.41) is 2.59. The molecule has 0 aliphatic heterocycles. The zero-order valence-corrected chi connectivity index (χ0v) is 19.1. The SMILES string of the molecule is COc1ccc(NC(=O)COC(=O)c2ccccc2OS(=O)(=O)c2cc(C)ccc2C)cc1. The van der Waals surface area contributed by atoms with Gasteiger partial charge in [-0.2, -0.15) is 8.42 Å². The van der Waals surface area contributed by atoms with E-state index in [1.54, 1.807) is 50.2 Å². The summed E-state index contributed by atoms with van der Waals surface area (Å²) in [7, 11) is -2.67. The summed E-state index contributed by atoms with van der Waals surface area (Å²) in [5.41, 5.74) is 1.64. The van der Waals surface area contributed by atoms with E-state index in [1.807, 2.05) is 0 Å². The van der Waals surface area contributed by atoms with Gasteiger partial charge in [-0.05, 0) is 67.4 Å². The molecule has 0 aliphatic carbocycles. The van der Waals surface area contributed by atoms with Crippen molar-refractivity contribution in [3.05, 3.63) is 83.4 Å². The van der Waals surface area contributed by atoms with E-state index >= 15 is 0 Å². The number of hydrogen-bond donors (Lipinski definition) is 1. The maximum atomic E-state index is 12.8. The van der Waals surface area contributed by atoms with Crippen LogP contribution >= 0.6 is 0 Å². The van der Waals surface area contributed by atoms with Gasteiger partial charge in [0.05, 0.1) is 7.11 Å². The molecular weight excluding hydrogens is 446 g/mol. The van der Waals surface area contributed by atoms with Crippen molar-refractivity contribution in [1.82, 2.24) is 0 Å². The summed E-state index contributed by atoms with van der Waals surface area (Å²) < 4.78 is 41.0. The predicted octanol–water partition coefficient (Wildman–Crippen LogP) is 3.88. The van der Waals surface area contributed by atoms with Crippen molar-refractivity contribution in [2.75, 3.05) is 19.0 Å². The monoisotopic (exact) mass is 469 g/mol. The van der Waals surface area contributed by atoms with Gasteiger partial charge < -0.3 is 19.0 Å². The Hall–Kier alpha value is -3.85. The van der Waals surface area contributed by atoms with Gasteiger partial charge in [0, 0.05) is 5.69 Å². The second-order valence-corrected chi connectivity index (χ2v) is 8.67. The van der Waals surface area contributed by atoms with Crippen LogP contribution in [-0.2, 0) is 19.6 Å². The van der Waals surface area contributed by atoms with E-state index in [9.17, 15) is 18.0 Å². The normalized spacial score (nSPS) is 10.9. The van der Waals surface area contributed by atoms with Crippen LogP contribution in [-0.4, -0.2) is 34.0 Å². The molecule has 3 aromatic rings. The number of rotatable bonds is 8. The minimum atomic E-state index is -4.20. The van der Waals surface area contributed by atoms with Crippen molar-refractivity contribution < 1.29 is 31.7 Å². The van der Waals surface area contributed by atoms with E-state index in [1.165, 1.54) is 37.4 Å². The molecule has 0 heterocycles. The molecule has 0 aromatic heterocycles. The van der Waals surface area contributed by atoms with Gasteiger partial charge in [-0.3, -0.25) is 4.79 Å². The maximum absolute atomic E-state index is 12.8. The third kappa shape index (κ3) is 6.11. The molecule has 0 saturated carbocycles. The van der Waals surface area contributed by atoms with Gasteiger partial charge in [0.2, 0.25) is 0 Å². The van der Waals surface area contributed by atoms with Crippen molar-refractivity contribution >= 4 is 27.7 Å². The average molecular weight is 470 g/mol. The molecule has 8 nitrogen and oxygen atoms in total. The molecule has 0 unspecified atom stereocenters. The molecule has 0 fully saturated rings. The minimum Gasteiger partial charge on any atom is -0.497 e. The van der Waals surface area contributed by atoms with Gasteiger partial charge in [0.15, 0.2) is 12.4 Å². The van der Waals surface area contributed by atoms with E-state index in [-0.39, 0.29) is 16.2 Å². The highest BCUT2D eigenvalue weighted by atomic mass is 32.2. The van der Waals surface area contributed by atoms with Crippen LogP contribution in [0, 0.1) is 13.8 Å². The molecular formula is C24H23NO7S. The zero-order chi connectivity index (χ0) is 24.0. The van der Waals surface area contributed by atoms with Crippen LogP contribution in [0.2, 0.25) is 0 Å². The number of anilines is 1. The van der Waals surface area contributed by atoms with E-state index in [0.717, 1.165) is 5.56 Å². The Morgan fingerprint density at radius 2 is 1.64 bits per heavy atom. The number of esters is 1. The number of nitrogens with one attached hydrogen (secondary N) is 1. The van der Waals surface area contributed by atoms with E-state index in [0.29, 0.717) is 17.0 Å². The highest BCUT2D eigenvalue weighted by Gasteiger charge is 2.23. The fourth-order valence-corrected chi connectivity index (χ4v) is 4.19. The molecule has 172 valence electrons. The molecule has 0 radical (unpaired) electrons. The maximum Gasteiger partial charge on any atom is 0.342 e. The second kappa shape index (κ2) is 10.2. The number of amides is 1. The van der Waals surface area contributed by atoms with Gasteiger partial charge in [-0.25, -0.2) is 4.79 Å². The topological polar surface area (TPSA) is 108 Å². The van der Waals surface area contributed by atoms with Crippen molar-refractivity contribution in [3.63, 3.8) is 0 Å². The van der Waals surface area contributed by atoms with Crippen LogP contribution in [0.25, 0.3) is 0 Å². The lowest BCUT2D eigenvalue weighted by molar-refractivity contribution is -0.119. The first-order valence-electron chi connectivity index (χ1n) is 9.91. The van der Waals surface area contributed by atoms with Gasteiger partial charge in [0.1, 0.15) is 16.2 Å². The van der Waals surface area contributed by atoms with Gasteiger partial charge >= 0.3 is 16.1 Å². The van der Waals surface area contributed by atoms with E-state index < -0.39 is 28.6 Å².